The lowest BCUT2D eigenvalue weighted by Crippen LogP contribution is -2.66. The van der Waals surface area contributed by atoms with Gasteiger partial charge in [-0.1, -0.05) is 38.1 Å². The van der Waals surface area contributed by atoms with Crippen LogP contribution in [-0.4, -0.2) is 103 Å². The van der Waals surface area contributed by atoms with Gasteiger partial charge in [0.1, 0.15) is 29.3 Å². The summed E-state index contributed by atoms with van der Waals surface area (Å²) < 4.78 is 66.0. The molecule has 4 amide bonds. The Morgan fingerprint density at radius 1 is 1.08 bits per heavy atom. The number of nitrogens with zero attached hydrogens (tertiary/aromatic N) is 4. The molecule has 4 aliphatic rings. The van der Waals surface area contributed by atoms with Crippen molar-refractivity contribution in [3.05, 3.63) is 46.8 Å². The summed E-state index contributed by atoms with van der Waals surface area (Å²) in [5.41, 5.74) is -4.45. The monoisotopic (exact) mass is 846 g/mol. The standard InChI is InChI=1S/C41H56F2N6O9S/c1-23(2)49-34(51)29-16-12-11-15-28(29)33(45-49)58-27-20-30-32(50)44-41(36(53)46-59(56,57)39(7)17-18-39)21-26(41)14-10-9-13-24(3)19-25(4)31(35(52)47(30)22-27)48(37(54)55)38(5,6)40(8,42)43/h10-12,14-16,23-27,30-31H,9,13,17-22H2,1-8H3,(H,44,50)(H,46,53)(H,54,55)/b14-10-/t24-,25-,26-,27-,30+,31+,41-/m1/s1. The Balaban J connectivity index is 1.45. The first-order valence-electron chi connectivity index (χ1n) is 20.3. The van der Waals surface area contributed by atoms with Crippen LogP contribution in [-0.2, 0) is 24.4 Å². The Hall–Kier alpha value is -4.61. The lowest BCUT2D eigenvalue weighted by atomic mass is 9.84. The number of halogens is 2. The summed E-state index contributed by atoms with van der Waals surface area (Å²) in [4.78, 5) is 71.9. The summed E-state index contributed by atoms with van der Waals surface area (Å²) in [6.45, 7) is 11.0. The zero-order valence-electron chi connectivity index (χ0n) is 34.8. The van der Waals surface area contributed by atoms with E-state index in [0.29, 0.717) is 48.3 Å². The van der Waals surface area contributed by atoms with Gasteiger partial charge in [0.15, 0.2) is 0 Å². The van der Waals surface area contributed by atoms with Crippen molar-refractivity contribution in [2.75, 3.05) is 6.54 Å². The molecule has 1 aromatic carbocycles. The minimum Gasteiger partial charge on any atom is -0.471 e. The van der Waals surface area contributed by atoms with Gasteiger partial charge in [0.2, 0.25) is 27.7 Å². The molecular weight excluding hydrogens is 791 g/mol. The first kappa shape index (κ1) is 44.0. The maximum Gasteiger partial charge on any atom is 0.408 e. The molecule has 0 unspecified atom stereocenters. The van der Waals surface area contributed by atoms with Gasteiger partial charge in [0.05, 0.1) is 28.1 Å². The summed E-state index contributed by atoms with van der Waals surface area (Å²) in [7, 11) is -4.11. The third-order valence-electron chi connectivity index (χ3n) is 12.9. The van der Waals surface area contributed by atoms with Crippen molar-refractivity contribution in [1.82, 2.24) is 29.6 Å². The molecule has 2 aromatic rings. The normalized spacial score (nSPS) is 29.4. The lowest BCUT2D eigenvalue weighted by molar-refractivity contribution is -0.156. The van der Waals surface area contributed by atoms with Gasteiger partial charge in [-0.25, -0.2) is 26.7 Å². The highest BCUT2D eigenvalue weighted by molar-refractivity contribution is 7.91. The second-order valence-electron chi connectivity index (χ2n) is 18.2. The number of nitrogens with one attached hydrogen (secondary N) is 2. The van der Waals surface area contributed by atoms with E-state index in [0.717, 1.165) is 18.7 Å². The number of ether oxygens (including phenoxy) is 1. The molecule has 2 aliphatic carbocycles. The molecule has 6 rings (SSSR count). The number of carbonyl (C=O) groups excluding carboxylic acids is 3. The number of amides is 4. The highest BCUT2D eigenvalue weighted by Gasteiger charge is 2.63. The van der Waals surface area contributed by atoms with Gasteiger partial charge in [-0.3, -0.25) is 28.8 Å². The average Bonchev–Trinajstić information content (AvgIpc) is 4.02. The van der Waals surface area contributed by atoms with E-state index in [1.54, 1.807) is 51.1 Å². The largest absolute Gasteiger partial charge is 0.471 e. The minimum absolute atomic E-state index is 0.0363. The zero-order valence-corrected chi connectivity index (χ0v) is 35.6. The predicted molar refractivity (Wildman–Crippen MR) is 214 cm³/mol. The number of benzene rings is 1. The molecule has 0 radical (unpaired) electrons. The van der Waals surface area contributed by atoms with E-state index < -0.39 is 85.6 Å². The Morgan fingerprint density at radius 3 is 2.32 bits per heavy atom. The number of carbonyl (C=O) groups is 4. The van der Waals surface area contributed by atoms with E-state index in [1.165, 1.54) is 11.6 Å². The van der Waals surface area contributed by atoms with E-state index in [-0.39, 0.29) is 49.2 Å². The molecule has 15 nitrogen and oxygen atoms in total. The van der Waals surface area contributed by atoms with E-state index in [9.17, 15) is 32.7 Å². The van der Waals surface area contributed by atoms with Crippen LogP contribution in [0, 0.1) is 17.8 Å². The van der Waals surface area contributed by atoms with Crippen LogP contribution >= 0.6 is 0 Å². The first-order chi connectivity index (χ1) is 27.3. The molecule has 3 heterocycles. The van der Waals surface area contributed by atoms with Crippen LogP contribution in [0.4, 0.5) is 13.6 Å². The van der Waals surface area contributed by atoms with Crippen LogP contribution in [0.25, 0.3) is 10.8 Å². The molecule has 3 N–H and O–H groups in total. The van der Waals surface area contributed by atoms with E-state index in [4.69, 9.17) is 4.74 Å². The van der Waals surface area contributed by atoms with Crippen LogP contribution in [0.2, 0.25) is 0 Å². The molecule has 2 aliphatic heterocycles. The number of aromatic nitrogens is 2. The Bertz CT molecular complexity index is 2220. The van der Waals surface area contributed by atoms with Crippen LogP contribution in [0.3, 0.4) is 0 Å². The number of allylic oxidation sites excluding steroid dienone is 1. The van der Waals surface area contributed by atoms with Crippen molar-refractivity contribution in [3.8, 4) is 5.88 Å². The predicted octanol–water partition coefficient (Wildman–Crippen LogP) is 4.99. The van der Waals surface area contributed by atoms with Gasteiger partial charge in [-0.2, -0.15) is 0 Å². The molecule has 18 heteroatoms. The van der Waals surface area contributed by atoms with Crippen LogP contribution in [0.5, 0.6) is 5.88 Å². The topological polar surface area (TPSA) is 197 Å². The first-order valence-corrected chi connectivity index (χ1v) is 21.8. The molecule has 2 saturated carbocycles. The van der Waals surface area contributed by atoms with Crippen molar-refractivity contribution in [2.24, 2.45) is 17.8 Å². The Labute approximate surface area is 342 Å². The maximum atomic E-state index is 15.4. The van der Waals surface area contributed by atoms with Gasteiger partial charge in [0, 0.05) is 19.3 Å². The molecule has 59 heavy (non-hydrogen) atoms. The van der Waals surface area contributed by atoms with Crippen LogP contribution in [0.15, 0.2) is 41.2 Å². The van der Waals surface area contributed by atoms with Gasteiger partial charge in [-0.05, 0) is 97.1 Å². The lowest BCUT2D eigenvalue weighted by Gasteiger charge is -2.47. The summed E-state index contributed by atoms with van der Waals surface area (Å²) in [5, 5.41) is 18.6. The second kappa shape index (κ2) is 15.4. The van der Waals surface area contributed by atoms with Gasteiger partial charge >= 0.3 is 6.09 Å². The molecule has 3 fully saturated rings. The van der Waals surface area contributed by atoms with E-state index in [2.05, 4.69) is 15.1 Å². The fraction of sp³-hybridized carbons (Fsp3) is 0.659. The van der Waals surface area contributed by atoms with Crippen LogP contribution in [0.1, 0.15) is 106 Å². The maximum absolute atomic E-state index is 15.4. The number of sulfonamides is 1. The number of fused-ring (bicyclic) bond motifs is 3. The molecule has 7 atom stereocenters. The van der Waals surface area contributed by atoms with Gasteiger partial charge in [0.25, 0.3) is 17.4 Å². The Kier molecular flexibility index (Phi) is 11.5. The van der Waals surface area contributed by atoms with Gasteiger partial charge < -0.3 is 20.1 Å². The zero-order chi connectivity index (χ0) is 43.6. The Morgan fingerprint density at radius 2 is 1.73 bits per heavy atom. The fourth-order valence-corrected chi connectivity index (χ4v) is 9.74. The number of hydrogen-bond acceptors (Lipinski definition) is 9. The van der Waals surface area contributed by atoms with Crippen molar-refractivity contribution in [1.29, 1.82) is 0 Å². The average molecular weight is 847 g/mol. The summed E-state index contributed by atoms with van der Waals surface area (Å²) >= 11 is 0. The van der Waals surface area contributed by atoms with Crippen molar-refractivity contribution < 1.29 is 46.2 Å². The third-order valence-corrected chi connectivity index (χ3v) is 15.1. The number of carboxylic acid groups (broad SMARTS) is 1. The third kappa shape index (κ3) is 8.17. The smallest absolute Gasteiger partial charge is 0.408 e. The van der Waals surface area contributed by atoms with Crippen LogP contribution < -0.4 is 20.3 Å². The minimum atomic E-state index is -4.11. The highest BCUT2D eigenvalue weighted by Crippen LogP contribution is 2.48. The summed E-state index contributed by atoms with van der Waals surface area (Å²) in [6.07, 6.45) is 2.80. The second-order valence-corrected chi connectivity index (χ2v) is 20.4. The number of alkyl halides is 2. The SMILES string of the molecule is CC(C)n1nc(O[C@@H]2C[C@H]3C(=O)N[C@]4(C(=O)NS(=O)(=O)C5(C)CC5)C[C@H]4/C=C\CC[C@@H](C)C[C@@H](C)[C@H](N(C(=O)O)C(C)(C)C(C)(F)F)C(=O)N3C2)c2ccccc2c1=O. The number of rotatable bonds is 9. The fourth-order valence-electron chi connectivity index (χ4n) is 8.43. The van der Waals surface area contributed by atoms with Gasteiger partial charge in [-0.15, -0.1) is 5.10 Å². The molecule has 324 valence electrons. The van der Waals surface area contributed by atoms with Crippen molar-refractivity contribution >= 4 is 44.6 Å². The van der Waals surface area contributed by atoms with Crippen molar-refractivity contribution in [2.45, 2.75) is 146 Å². The molecule has 1 saturated heterocycles. The molecule has 0 spiro atoms. The van der Waals surface area contributed by atoms with Crippen molar-refractivity contribution in [3.63, 3.8) is 0 Å². The highest BCUT2D eigenvalue weighted by atomic mass is 32.2. The number of hydrogen-bond donors (Lipinski definition) is 3. The molecule has 1 aromatic heterocycles. The summed E-state index contributed by atoms with van der Waals surface area (Å²) in [5.74, 6) is -7.76. The van der Waals surface area contributed by atoms with E-state index >= 15 is 13.6 Å². The van der Waals surface area contributed by atoms with E-state index in [1.807, 2.05) is 13.0 Å². The molecule has 0 bridgehead atoms. The summed E-state index contributed by atoms with van der Waals surface area (Å²) in [6, 6.07) is 3.15. The molecular formula is C41H56F2N6O9S. The quantitative estimate of drug-likeness (QED) is 0.289.